The van der Waals surface area contributed by atoms with Gasteiger partial charge in [-0.1, -0.05) is 64.6 Å². The average Bonchev–Trinajstić information content (AvgIpc) is 3.29. The quantitative estimate of drug-likeness (QED) is 0.162. The number of nitrogens with zero attached hydrogens (tertiary/aromatic N) is 2. The first-order chi connectivity index (χ1) is 20.9. The minimum absolute atomic E-state index is 0.0791. The summed E-state index contributed by atoms with van der Waals surface area (Å²) in [6, 6.07) is 14.5. The molecule has 0 saturated heterocycles. The Morgan fingerprint density at radius 2 is 1.70 bits per heavy atom. The summed E-state index contributed by atoms with van der Waals surface area (Å²) in [4.78, 5) is 52.0. The zero-order chi connectivity index (χ0) is 31.9. The van der Waals surface area contributed by atoms with Crippen molar-refractivity contribution in [3.8, 4) is 0 Å². The molecule has 0 aliphatic carbocycles. The van der Waals surface area contributed by atoms with Crippen LogP contribution in [-0.2, 0) is 14.3 Å². The summed E-state index contributed by atoms with van der Waals surface area (Å²) in [5.41, 5.74) is 6.08. The van der Waals surface area contributed by atoms with Gasteiger partial charge in [0.1, 0.15) is 10.5 Å². The summed E-state index contributed by atoms with van der Waals surface area (Å²) in [7, 11) is 1.12. The van der Waals surface area contributed by atoms with E-state index in [2.05, 4.69) is 5.32 Å². The Bertz CT molecular complexity index is 2110. The lowest BCUT2D eigenvalue weighted by Crippen LogP contribution is -2.42. The van der Waals surface area contributed by atoms with Crippen molar-refractivity contribution in [1.82, 2.24) is 4.57 Å². The van der Waals surface area contributed by atoms with Crippen LogP contribution in [0.2, 0.25) is 20.1 Å². The maximum Gasteiger partial charge on any atom is 0.338 e. The Hall–Kier alpha value is -4.13. The maximum absolute atomic E-state index is 14.1. The van der Waals surface area contributed by atoms with Crippen LogP contribution < -0.4 is 25.8 Å². The van der Waals surface area contributed by atoms with Crippen molar-refractivity contribution in [2.75, 3.05) is 12.4 Å². The molecule has 1 aromatic heterocycles. The van der Waals surface area contributed by atoms with Crippen LogP contribution >= 0.6 is 57.7 Å². The lowest BCUT2D eigenvalue weighted by molar-refractivity contribution is -0.384. The number of aromatic nitrogens is 1. The molecule has 15 heteroatoms. The number of hydrogen-bond donors (Lipinski definition) is 2. The number of nitro groups is 1. The number of carbonyl (C=O) groups is 2. The topological polar surface area (TPSA) is 147 Å². The number of esters is 1. The second kappa shape index (κ2) is 12.5. The van der Waals surface area contributed by atoms with E-state index in [9.17, 15) is 24.5 Å². The number of rotatable bonds is 6. The van der Waals surface area contributed by atoms with Gasteiger partial charge >= 0.3 is 5.97 Å². The molecule has 4 aromatic rings. The smallest absolute Gasteiger partial charge is 0.338 e. The number of amides is 1. The Morgan fingerprint density at radius 3 is 2.34 bits per heavy atom. The minimum atomic E-state index is -1.24. The van der Waals surface area contributed by atoms with Crippen LogP contribution in [0, 0.1) is 10.1 Å². The Kier molecular flexibility index (Phi) is 8.87. The first-order valence-corrected chi connectivity index (χ1v) is 14.8. The van der Waals surface area contributed by atoms with Gasteiger partial charge in [-0.15, -0.1) is 11.3 Å². The molecule has 3 N–H and O–H groups in total. The summed E-state index contributed by atoms with van der Waals surface area (Å²) in [5, 5.41) is 15.1. The fourth-order valence-electron chi connectivity index (χ4n) is 4.68. The van der Waals surface area contributed by atoms with Gasteiger partial charge in [-0.05, 0) is 47.5 Å². The fourth-order valence-corrected chi connectivity index (χ4v) is 6.83. The zero-order valence-corrected chi connectivity index (χ0v) is 26.1. The van der Waals surface area contributed by atoms with Gasteiger partial charge < -0.3 is 15.8 Å². The van der Waals surface area contributed by atoms with Crippen LogP contribution in [0.3, 0.4) is 0 Å². The van der Waals surface area contributed by atoms with E-state index in [4.69, 9.17) is 56.9 Å². The summed E-state index contributed by atoms with van der Waals surface area (Å²) in [5.74, 6) is -3.23. The Morgan fingerprint density at radius 1 is 1.02 bits per heavy atom. The summed E-state index contributed by atoms with van der Waals surface area (Å²) in [6.07, 6.45) is 1.50. The summed E-state index contributed by atoms with van der Waals surface area (Å²) < 4.78 is 6.27. The van der Waals surface area contributed by atoms with Crippen molar-refractivity contribution < 1.29 is 19.2 Å². The Balaban J connectivity index is 1.86. The predicted octanol–water partition coefficient (Wildman–Crippen LogP) is 5.15. The van der Waals surface area contributed by atoms with E-state index in [-0.39, 0.29) is 53.1 Å². The number of thiazole rings is 1. The zero-order valence-electron chi connectivity index (χ0n) is 22.3. The van der Waals surface area contributed by atoms with Crippen LogP contribution in [0.25, 0.3) is 17.5 Å². The third-order valence-corrected chi connectivity index (χ3v) is 8.87. The molecule has 224 valence electrons. The van der Waals surface area contributed by atoms with E-state index >= 15 is 0 Å². The van der Waals surface area contributed by atoms with Crippen molar-refractivity contribution in [3.05, 3.63) is 127 Å². The van der Waals surface area contributed by atoms with Crippen LogP contribution in [-0.4, -0.2) is 28.5 Å². The molecule has 1 aliphatic heterocycles. The molecule has 0 spiro atoms. The normalized spacial score (nSPS) is 14.8. The number of non-ortho nitro benzene ring substituents is 1. The number of fused-ring (bicyclic) bond motifs is 1. The van der Waals surface area contributed by atoms with Crippen molar-refractivity contribution in [3.63, 3.8) is 0 Å². The van der Waals surface area contributed by atoms with Gasteiger partial charge in [-0.2, -0.15) is 0 Å². The molecule has 2 heterocycles. The van der Waals surface area contributed by atoms with Crippen molar-refractivity contribution in [1.29, 1.82) is 0 Å². The molecular formula is C29H18Cl4N4O6S. The first-order valence-electron chi connectivity index (χ1n) is 12.4. The van der Waals surface area contributed by atoms with Gasteiger partial charge in [0.15, 0.2) is 0 Å². The average molecular weight is 692 g/mol. The van der Waals surface area contributed by atoms with Crippen LogP contribution in [0.15, 0.2) is 71.0 Å². The molecule has 0 radical (unpaired) electrons. The molecule has 0 bridgehead atoms. The molecule has 0 saturated carbocycles. The van der Waals surface area contributed by atoms with Gasteiger partial charge in [-0.25, -0.2) is 4.79 Å². The fraction of sp³-hybridized carbons (Fsp3) is 0.0690. The number of methoxy groups -OCH3 is 1. The van der Waals surface area contributed by atoms with Crippen LogP contribution in [0.5, 0.6) is 0 Å². The van der Waals surface area contributed by atoms with Crippen LogP contribution in [0.4, 0.5) is 11.4 Å². The molecule has 0 fully saturated rings. The van der Waals surface area contributed by atoms with Gasteiger partial charge in [0.2, 0.25) is 0 Å². The van der Waals surface area contributed by atoms with E-state index < -0.39 is 28.3 Å². The summed E-state index contributed by atoms with van der Waals surface area (Å²) in [6.45, 7) is 0. The molecule has 3 aromatic carbocycles. The molecule has 44 heavy (non-hydrogen) atoms. The van der Waals surface area contributed by atoms with Gasteiger partial charge in [-0.3, -0.25) is 24.3 Å². The second-order valence-electron chi connectivity index (χ2n) is 9.29. The number of anilines is 1. The number of halogens is 4. The maximum atomic E-state index is 14.1. The largest absolute Gasteiger partial charge is 0.466 e. The molecule has 1 unspecified atom stereocenters. The number of carbonyl (C=O) groups excluding carboxylic acids is 2. The van der Waals surface area contributed by atoms with E-state index in [1.54, 1.807) is 12.1 Å². The highest BCUT2D eigenvalue weighted by Gasteiger charge is 2.40. The number of nitro benzene ring substituents is 1. The number of nitrogens with two attached hydrogens (primary N) is 1. The van der Waals surface area contributed by atoms with Gasteiger partial charge in [0.25, 0.3) is 17.2 Å². The minimum Gasteiger partial charge on any atom is -0.466 e. The van der Waals surface area contributed by atoms with Gasteiger partial charge in [0.05, 0.1) is 33.6 Å². The third kappa shape index (κ3) is 5.84. The first kappa shape index (κ1) is 31.3. The van der Waals surface area contributed by atoms with Gasteiger partial charge in [0, 0.05) is 37.9 Å². The monoisotopic (exact) mass is 690 g/mol. The molecular weight excluding hydrogens is 674 g/mol. The second-order valence-corrected chi connectivity index (χ2v) is 12.0. The number of hydrogen-bond acceptors (Lipinski definition) is 8. The summed E-state index contributed by atoms with van der Waals surface area (Å²) >= 11 is 26.0. The van der Waals surface area contributed by atoms with E-state index in [0.717, 1.165) is 23.0 Å². The van der Waals surface area contributed by atoms with Crippen molar-refractivity contribution in [2.24, 2.45) is 5.73 Å². The number of nitrogens with one attached hydrogen (secondary N) is 1. The van der Waals surface area contributed by atoms with E-state index in [0.29, 0.717) is 15.6 Å². The molecule has 1 atom stereocenters. The lowest BCUT2D eigenvalue weighted by atomic mass is 9.82. The lowest BCUT2D eigenvalue weighted by Gasteiger charge is -2.28. The number of ether oxygens (including phenoxy) is 1. The third-order valence-electron chi connectivity index (χ3n) is 6.64. The van der Waals surface area contributed by atoms with E-state index in [1.807, 2.05) is 0 Å². The van der Waals surface area contributed by atoms with Crippen LogP contribution in [0.1, 0.15) is 17.0 Å². The molecule has 1 amide bonds. The highest BCUT2D eigenvalue weighted by atomic mass is 35.5. The highest BCUT2D eigenvalue weighted by Crippen LogP contribution is 2.41. The molecule has 1 aliphatic rings. The van der Waals surface area contributed by atoms with E-state index in [1.165, 1.54) is 54.6 Å². The predicted molar refractivity (Wildman–Crippen MR) is 172 cm³/mol. The molecule has 10 nitrogen and oxygen atoms in total. The Labute approximate surface area is 272 Å². The number of benzene rings is 3. The SMILES string of the molecule is COC(=O)C1=C(N)n2c(s/c(=C/c3ccc(Cl)cc3Cl)c2=O)=C(C(=O)Nc2cccc([N+](=O)[O-])c2)C1c1ccc(Cl)cc1Cl. The van der Waals surface area contributed by atoms with Crippen molar-refractivity contribution >= 4 is 98.5 Å². The highest BCUT2D eigenvalue weighted by molar-refractivity contribution is 7.07. The standard InChI is InChI=1S/C29H18Cl4N4O6S/c1-43-29(40)23-22(18-8-7-15(31)11-20(18)33)24(26(38)35-16-3-2-4-17(12-16)37(41)42)28-36(25(23)34)27(39)21(44-28)9-13-5-6-14(30)10-19(13)32/h2-12,22H,34H2,1H3,(H,35,38)/b21-9+. The molecule has 5 rings (SSSR count). The van der Waals surface area contributed by atoms with Crippen molar-refractivity contribution in [2.45, 2.75) is 5.92 Å².